The zero-order valence-electron chi connectivity index (χ0n) is 17.8. The molecular formula is C22H30O7. The number of hydrogen-bond donors (Lipinski definition) is 0. The second-order valence-corrected chi connectivity index (χ2v) is 8.42. The van der Waals surface area contributed by atoms with Crippen molar-refractivity contribution in [2.45, 2.75) is 51.5 Å². The predicted molar refractivity (Wildman–Crippen MR) is 104 cm³/mol. The SMILES string of the molecule is COc1ccc(C(=O)O[C@@H]2O[C@H](OC)[C@@]34OC(C)C3C(C)C[C@H]4[C@H]2C)c(OC)c1. The maximum atomic E-state index is 12.9. The van der Waals surface area contributed by atoms with Crippen molar-refractivity contribution < 1.29 is 33.2 Å². The van der Waals surface area contributed by atoms with Gasteiger partial charge in [0.1, 0.15) is 22.7 Å². The first-order valence-corrected chi connectivity index (χ1v) is 10.2. The highest BCUT2D eigenvalue weighted by Gasteiger charge is 2.72. The Morgan fingerprint density at radius 3 is 2.52 bits per heavy atom. The number of methoxy groups -OCH3 is 3. The smallest absolute Gasteiger partial charge is 0.344 e. The first-order valence-electron chi connectivity index (χ1n) is 10.2. The van der Waals surface area contributed by atoms with Gasteiger partial charge in [0.15, 0.2) is 6.29 Å². The topological polar surface area (TPSA) is 72.5 Å². The predicted octanol–water partition coefficient (Wildman–Crippen LogP) is 3.26. The van der Waals surface area contributed by atoms with E-state index in [4.69, 9.17) is 28.4 Å². The highest BCUT2D eigenvalue weighted by atomic mass is 16.8. The fourth-order valence-electron chi connectivity index (χ4n) is 5.81. The minimum Gasteiger partial charge on any atom is -0.497 e. The average Bonchev–Trinajstić information content (AvgIpc) is 2.96. The van der Waals surface area contributed by atoms with Crippen LogP contribution < -0.4 is 9.47 Å². The van der Waals surface area contributed by atoms with Gasteiger partial charge in [-0.1, -0.05) is 13.8 Å². The van der Waals surface area contributed by atoms with E-state index in [2.05, 4.69) is 20.8 Å². The molecule has 3 unspecified atom stereocenters. The standard InChI is InChI=1S/C22H30O7/c1-11-9-16-12(2)20(28-21(26-6)22(16)18(11)13(3)29-22)27-19(23)15-8-7-14(24-4)10-17(15)25-5/h7-8,10-13,16,18,20-21H,9H2,1-6H3/t11?,12-,13?,16+,18?,20-,21+,22+/m1/s1. The van der Waals surface area contributed by atoms with Gasteiger partial charge < -0.3 is 28.4 Å². The molecule has 1 saturated carbocycles. The third kappa shape index (κ3) is 2.94. The lowest BCUT2D eigenvalue weighted by atomic mass is 9.68. The molecule has 1 aromatic carbocycles. The molecule has 2 aliphatic heterocycles. The Labute approximate surface area is 171 Å². The second-order valence-electron chi connectivity index (χ2n) is 8.42. The molecule has 2 heterocycles. The van der Waals surface area contributed by atoms with Gasteiger partial charge in [0.05, 0.1) is 20.3 Å². The molecule has 7 nitrogen and oxygen atoms in total. The van der Waals surface area contributed by atoms with Crippen LogP contribution in [0.15, 0.2) is 18.2 Å². The number of ether oxygens (including phenoxy) is 6. The fraction of sp³-hybridized carbons (Fsp3) is 0.682. The number of carbonyl (C=O) groups excluding carboxylic acids is 1. The van der Waals surface area contributed by atoms with Crippen LogP contribution >= 0.6 is 0 Å². The van der Waals surface area contributed by atoms with Gasteiger partial charge >= 0.3 is 5.97 Å². The molecule has 0 radical (unpaired) electrons. The van der Waals surface area contributed by atoms with Gasteiger partial charge in [0.2, 0.25) is 6.29 Å². The summed E-state index contributed by atoms with van der Waals surface area (Å²) in [6.45, 7) is 6.42. The van der Waals surface area contributed by atoms with Crippen LogP contribution in [0.1, 0.15) is 37.6 Å². The van der Waals surface area contributed by atoms with Gasteiger partial charge in [0, 0.05) is 30.9 Å². The Hall–Kier alpha value is -1.83. The van der Waals surface area contributed by atoms with Crippen molar-refractivity contribution in [3.05, 3.63) is 23.8 Å². The van der Waals surface area contributed by atoms with Gasteiger partial charge in [-0.15, -0.1) is 0 Å². The van der Waals surface area contributed by atoms with Gasteiger partial charge in [-0.2, -0.15) is 0 Å². The Bertz CT molecular complexity index is 780. The molecule has 3 fully saturated rings. The summed E-state index contributed by atoms with van der Waals surface area (Å²) in [5.41, 5.74) is -0.127. The van der Waals surface area contributed by atoms with Crippen molar-refractivity contribution in [2.75, 3.05) is 21.3 Å². The molecule has 0 amide bonds. The van der Waals surface area contributed by atoms with E-state index in [1.165, 1.54) is 7.11 Å². The van der Waals surface area contributed by atoms with Crippen LogP contribution in [0.4, 0.5) is 0 Å². The molecule has 1 aliphatic carbocycles. The minimum absolute atomic E-state index is 0.0189. The number of carbonyl (C=O) groups is 1. The maximum Gasteiger partial charge on any atom is 0.344 e. The summed E-state index contributed by atoms with van der Waals surface area (Å²) in [7, 11) is 4.68. The van der Waals surface area contributed by atoms with Crippen LogP contribution in [-0.2, 0) is 18.9 Å². The molecule has 0 N–H and O–H groups in total. The van der Waals surface area contributed by atoms with Crippen LogP contribution in [0.5, 0.6) is 11.5 Å². The molecule has 2 saturated heterocycles. The molecule has 4 rings (SSSR count). The molecule has 29 heavy (non-hydrogen) atoms. The van der Waals surface area contributed by atoms with Crippen molar-refractivity contribution in [3.8, 4) is 11.5 Å². The van der Waals surface area contributed by atoms with E-state index >= 15 is 0 Å². The molecule has 3 aliphatic rings. The van der Waals surface area contributed by atoms with Crippen molar-refractivity contribution in [3.63, 3.8) is 0 Å². The van der Waals surface area contributed by atoms with Gasteiger partial charge in [-0.25, -0.2) is 4.79 Å². The molecule has 160 valence electrons. The third-order valence-electron chi connectivity index (χ3n) is 6.99. The largest absolute Gasteiger partial charge is 0.497 e. The lowest BCUT2D eigenvalue weighted by Gasteiger charge is -2.60. The zero-order chi connectivity index (χ0) is 20.9. The fourth-order valence-corrected chi connectivity index (χ4v) is 5.81. The van der Waals surface area contributed by atoms with Crippen molar-refractivity contribution in [2.24, 2.45) is 23.7 Å². The highest BCUT2D eigenvalue weighted by Crippen LogP contribution is 2.63. The Morgan fingerprint density at radius 2 is 1.90 bits per heavy atom. The summed E-state index contributed by atoms with van der Waals surface area (Å²) in [5, 5.41) is 0. The van der Waals surface area contributed by atoms with Gasteiger partial charge in [-0.05, 0) is 31.4 Å². The molecule has 1 aromatic rings. The van der Waals surface area contributed by atoms with E-state index in [-0.39, 0.29) is 17.9 Å². The maximum absolute atomic E-state index is 12.9. The summed E-state index contributed by atoms with van der Waals surface area (Å²) >= 11 is 0. The summed E-state index contributed by atoms with van der Waals surface area (Å²) < 4.78 is 34.4. The van der Waals surface area contributed by atoms with Crippen LogP contribution in [0.2, 0.25) is 0 Å². The quantitative estimate of drug-likeness (QED) is 0.695. The summed E-state index contributed by atoms with van der Waals surface area (Å²) in [6.07, 6.45) is -0.101. The van der Waals surface area contributed by atoms with E-state index in [0.29, 0.717) is 28.9 Å². The molecule has 0 aromatic heterocycles. The van der Waals surface area contributed by atoms with Crippen molar-refractivity contribution >= 4 is 5.97 Å². The second kappa shape index (κ2) is 7.45. The Morgan fingerprint density at radius 1 is 1.14 bits per heavy atom. The summed E-state index contributed by atoms with van der Waals surface area (Å²) in [4.78, 5) is 12.9. The van der Waals surface area contributed by atoms with E-state index in [9.17, 15) is 4.79 Å². The number of esters is 1. The summed E-state index contributed by atoms with van der Waals surface area (Å²) in [6, 6.07) is 4.98. The first-order chi connectivity index (χ1) is 13.9. The van der Waals surface area contributed by atoms with Crippen LogP contribution in [0, 0.1) is 23.7 Å². The molecule has 1 spiro atoms. The zero-order valence-corrected chi connectivity index (χ0v) is 17.8. The van der Waals surface area contributed by atoms with Gasteiger partial charge in [0.25, 0.3) is 0 Å². The van der Waals surface area contributed by atoms with E-state index < -0.39 is 24.2 Å². The Balaban J connectivity index is 1.56. The highest BCUT2D eigenvalue weighted by molar-refractivity contribution is 5.92. The first kappa shape index (κ1) is 20.4. The normalized spacial score (nSPS) is 40.4. The Kier molecular flexibility index (Phi) is 5.25. The molecule has 0 bridgehead atoms. The van der Waals surface area contributed by atoms with E-state index in [1.807, 2.05) is 0 Å². The van der Waals surface area contributed by atoms with Crippen LogP contribution in [0.25, 0.3) is 0 Å². The van der Waals surface area contributed by atoms with E-state index in [1.54, 1.807) is 32.4 Å². The lowest BCUT2D eigenvalue weighted by molar-refractivity contribution is -0.412. The monoisotopic (exact) mass is 406 g/mol. The minimum atomic E-state index is -0.722. The number of rotatable bonds is 5. The van der Waals surface area contributed by atoms with Crippen molar-refractivity contribution in [1.29, 1.82) is 0 Å². The van der Waals surface area contributed by atoms with Crippen molar-refractivity contribution in [1.82, 2.24) is 0 Å². The molecule has 8 atom stereocenters. The van der Waals surface area contributed by atoms with Crippen LogP contribution in [-0.4, -0.2) is 51.6 Å². The van der Waals surface area contributed by atoms with Crippen LogP contribution in [0.3, 0.4) is 0 Å². The lowest BCUT2D eigenvalue weighted by Crippen LogP contribution is -2.71. The van der Waals surface area contributed by atoms with E-state index in [0.717, 1.165) is 6.42 Å². The molecular weight excluding hydrogens is 376 g/mol. The van der Waals surface area contributed by atoms with Gasteiger partial charge in [-0.3, -0.25) is 0 Å². The average molecular weight is 406 g/mol. The molecule has 7 heteroatoms. The summed E-state index contributed by atoms with van der Waals surface area (Å²) in [5.74, 6) is 1.56. The third-order valence-corrected chi connectivity index (χ3v) is 6.99. The number of hydrogen-bond acceptors (Lipinski definition) is 7. The number of benzene rings is 1.